The van der Waals surface area contributed by atoms with Crippen molar-refractivity contribution in [3.63, 3.8) is 0 Å². The third-order valence-electron chi connectivity index (χ3n) is 5.97. The van der Waals surface area contributed by atoms with E-state index in [0.29, 0.717) is 22.9 Å². The van der Waals surface area contributed by atoms with Gasteiger partial charge in [0, 0.05) is 23.0 Å². The molecular formula is C28H30ClN7O6. The molecule has 0 spiro atoms. The number of nitro benzene ring substituents is 1. The minimum absolute atomic E-state index is 0. The highest BCUT2D eigenvalue weighted by Crippen LogP contribution is 2.42. The molecule has 3 aromatic rings. The maximum absolute atomic E-state index is 12.3. The summed E-state index contributed by atoms with van der Waals surface area (Å²) in [6.45, 7) is 3.29. The highest BCUT2D eigenvalue weighted by molar-refractivity contribution is 6.00. The zero-order chi connectivity index (χ0) is 30.1. The smallest absolute Gasteiger partial charge is 0.336 e. The molecular weight excluding hydrogens is 566 g/mol. The number of halogens is 1. The maximum atomic E-state index is 12.3. The number of rotatable bonds is 6. The van der Waals surface area contributed by atoms with Crippen LogP contribution in [0.1, 0.15) is 25.3 Å². The van der Waals surface area contributed by atoms with E-state index in [1.165, 1.54) is 32.4 Å². The van der Waals surface area contributed by atoms with E-state index in [4.69, 9.17) is 20.9 Å². The first-order chi connectivity index (χ1) is 19.6. The summed E-state index contributed by atoms with van der Waals surface area (Å²) < 4.78 is 9.66. The Morgan fingerprint density at radius 1 is 0.881 bits per heavy atom. The number of carbonyl (C=O) groups is 2. The molecule has 1 aliphatic rings. The zero-order valence-electron chi connectivity index (χ0n) is 23.2. The number of ether oxygens (including phenoxy) is 2. The number of para-hydroxylation sites is 1. The Labute approximate surface area is 247 Å². The summed E-state index contributed by atoms with van der Waals surface area (Å²) in [5, 5.41) is 22.4. The Kier molecular flexibility index (Phi) is 11.7. The van der Waals surface area contributed by atoms with Crippen molar-refractivity contribution in [3.8, 4) is 0 Å². The molecule has 0 unspecified atom stereocenters. The third-order valence-corrected chi connectivity index (χ3v) is 5.97. The van der Waals surface area contributed by atoms with Crippen LogP contribution in [0.15, 0.2) is 99.5 Å². The highest BCUT2D eigenvalue weighted by atomic mass is 35.5. The van der Waals surface area contributed by atoms with Crippen LogP contribution in [0.4, 0.5) is 28.7 Å². The van der Waals surface area contributed by atoms with Gasteiger partial charge in [0.05, 0.1) is 41.9 Å². The summed E-state index contributed by atoms with van der Waals surface area (Å²) in [4.78, 5) is 39.5. The molecule has 14 heteroatoms. The Balaban J connectivity index is 0.000000313. The van der Waals surface area contributed by atoms with E-state index in [-0.39, 0.29) is 40.6 Å². The minimum atomic E-state index is -0.970. The lowest BCUT2D eigenvalue weighted by Crippen LogP contribution is -2.32. The number of nitrogen functional groups attached to an aromatic ring is 2. The van der Waals surface area contributed by atoms with Gasteiger partial charge in [-0.15, -0.1) is 17.5 Å². The van der Waals surface area contributed by atoms with Gasteiger partial charge < -0.3 is 26.3 Å². The van der Waals surface area contributed by atoms with Gasteiger partial charge in [-0.3, -0.25) is 10.1 Å². The second-order valence-electron chi connectivity index (χ2n) is 8.61. The van der Waals surface area contributed by atoms with Crippen molar-refractivity contribution in [3.05, 3.63) is 105 Å². The number of nitrogens with two attached hydrogens (primary N) is 2. The first kappa shape index (κ1) is 32.9. The lowest BCUT2D eigenvalue weighted by atomic mass is 9.79. The maximum Gasteiger partial charge on any atom is 0.336 e. The number of methoxy groups -OCH3 is 2. The summed E-state index contributed by atoms with van der Waals surface area (Å²) in [7, 11) is 2.42. The summed E-state index contributed by atoms with van der Waals surface area (Å²) in [6.07, 6.45) is 0. The van der Waals surface area contributed by atoms with Gasteiger partial charge in [0.15, 0.2) is 5.82 Å². The number of hydrogen-bond acceptors (Lipinski definition) is 12. The van der Waals surface area contributed by atoms with E-state index in [2.05, 4.69) is 20.5 Å². The second-order valence-corrected chi connectivity index (χ2v) is 8.61. The Morgan fingerprint density at radius 3 is 1.95 bits per heavy atom. The van der Waals surface area contributed by atoms with Crippen LogP contribution in [-0.2, 0) is 19.1 Å². The van der Waals surface area contributed by atoms with Gasteiger partial charge in [-0.1, -0.05) is 36.4 Å². The fourth-order valence-corrected chi connectivity index (χ4v) is 4.14. The van der Waals surface area contributed by atoms with Crippen LogP contribution in [0.5, 0.6) is 0 Å². The van der Waals surface area contributed by atoms with Crippen LogP contribution < -0.4 is 16.8 Å². The summed E-state index contributed by atoms with van der Waals surface area (Å²) in [5.74, 6) is -1.68. The molecule has 1 aromatic heterocycles. The number of benzene rings is 2. The number of allylic oxidation sites excluding steroid dienone is 2. The molecule has 42 heavy (non-hydrogen) atoms. The molecule has 0 radical (unpaired) electrons. The molecule has 0 saturated heterocycles. The SMILES string of the molecule is COC(=O)C1=C(C)NC(C)=C(C(=O)OC)C1c1ccccc1[N+](=O)[O-].Cl.Nc1ccc(N=Nc2ccccc2)c(N)n1. The molecule has 13 nitrogen and oxygen atoms in total. The van der Waals surface area contributed by atoms with Crippen molar-refractivity contribution in [2.24, 2.45) is 10.2 Å². The number of nitrogens with one attached hydrogen (secondary N) is 1. The Hall–Kier alpha value is -5.30. The fraction of sp³-hybridized carbons (Fsp3) is 0.179. The monoisotopic (exact) mass is 595 g/mol. The van der Waals surface area contributed by atoms with Crippen molar-refractivity contribution in [2.75, 3.05) is 25.7 Å². The number of dihydropyridines is 1. The number of hydrogen-bond donors (Lipinski definition) is 3. The predicted octanol–water partition coefficient (Wildman–Crippen LogP) is 5.26. The van der Waals surface area contributed by atoms with Gasteiger partial charge in [-0.25, -0.2) is 14.6 Å². The fourth-order valence-electron chi connectivity index (χ4n) is 4.14. The standard InChI is InChI=1S/C17H18N2O6.C11H11N5.ClH/c1-9-13(16(20)24-3)15(14(10(2)18-9)17(21)25-4)11-7-5-6-8-12(11)19(22)23;12-10-7-6-9(11(13)14-10)16-15-8-4-2-1-3-5-8;/h5-8,15,18H,1-4H3;1-7H,(H4,12,13,14);1H. The predicted molar refractivity (Wildman–Crippen MR) is 159 cm³/mol. The van der Waals surface area contributed by atoms with Crippen molar-refractivity contribution >= 4 is 53.0 Å². The number of esters is 2. The molecule has 1 aliphatic heterocycles. The number of aromatic nitrogens is 1. The third kappa shape index (κ3) is 7.67. The van der Waals surface area contributed by atoms with E-state index >= 15 is 0 Å². The Morgan fingerprint density at radius 2 is 1.43 bits per heavy atom. The van der Waals surface area contributed by atoms with Gasteiger partial charge in [-0.05, 0) is 38.1 Å². The largest absolute Gasteiger partial charge is 0.466 e. The summed E-state index contributed by atoms with van der Waals surface area (Å²) in [6, 6.07) is 18.7. The molecule has 0 atom stereocenters. The van der Waals surface area contributed by atoms with Crippen molar-refractivity contribution in [2.45, 2.75) is 19.8 Å². The van der Waals surface area contributed by atoms with Crippen LogP contribution in [0.25, 0.3) is 0 Å². The zero-order valence-corrected chi connectivity index (χ0v) is 24.0. The lowest BCUT2D eigenvalue weighted by Gasteiger charge is -2.29. The number of carbonyl (C=O) groups excluding carboxylic acids is 2. The van der Waals surface area contributed by atoms with Gasteiger partial charge >= 0.3 is 11.9 Å². The van der Waals surface area contributed by atoms with E-state index in [1.54, 1.807) is 32.0 Å². The summed E-state index contributed by atoms with van der Waals surface area (Å²) >= 11 is 0. The van der Waals surface area contributed by atoms with Crippen molar-refractivity contribution in [1.29, 1.82) is 0 Å². The van der Waals surface area contributed by atoms with E-state index in [0.717, 1.165) is 5.69 Å². The molecule has 2 aromatic carbocycles. The van der Waals surface area contributed by atoms with Crippen LogP contribution in [0.2, 0.25) is 0 Å². The van der Waals surface area contributed by atoms with Crippen LogP contribution in [0, 0.1) is 10.1 Å². The van der Waals surface area contributed by atoms with Gasteiger partial charge in [0.1, 0.15) is 11.5 Å². The topological polar surface area (TPSA) is 197 Å². The number of azo groups is 1. The molecule has 4 rings (SSSR count). The average Bonchev–Trinajstić information content (AvgIpc) is 2.96. The van der Waals surface area contributed by atoms with Crippen LogP contribution >= 0.6 is 12.4 Å². The van der Waals surface area contributed by atoms with Crippen LogP contribution in [0.3, 0.4) is 0 Å². The van der Waals surface area contributed by atoms with E-state index in [9.17, 15) is 19.7 Å². The van der Waals surface area contributed by atoms with Crippen LogP contribution in [-0.4, -0.2) is 36.1 Å². The average molecular weight is 596 g/mol. The number of anilines is 2. The normalized spacial score (nSPS) is 13.0. The van der Waals surface area contributed by atoms with Gasteiger partial charge in [-0.2, -0.15) is 5.11 Å². The van der Waals surface area contributed by atoms with Gasteiger partial charge in [0.25, 0.3) is 5.69 Å². The molecule has 0 bridgehead atoms. The molecule has 0 saturated carbocycles. The Bertz CT molecular complexity index is 1520. The van der Waals surface area contributed by atoms with E-state index in [1.807, 2.05) is 30.3 Å². The molecule has 220 valence electrons. The minimum Gasteiger partial charge on any atom is -0.466 e. The molecule has 0 fully saturated rings. The molecule has 0 aliphatic carbocycles. The first-order valence-corrected chi connectivity index (χ1v) is 12.2. The first-order valence-electron chi connectivity index (χ1n) is 12.2. The quantitative estimate of drug-likeness (QED) is 0.146. The lowest BCUT2D eigenvalue weighted by molar-refractivity contribution is -0.385. The number of pyridine rings is 1. The highest BCUT2D eigenvalue weighted by Gasteiger charge is 2.40. The molecule has 2 heterocycles. The van der Waals surface area contributed by atoms with Crippen molar-refractivity contribution in [1.82, 2.24) is 10.3 Å². The second kappa shape index (κ2) is 14.9. The van der Waals surface area contributed by atoms with E-state index < -0.39 is 22.8 Å². The van der Waals surface area contributed by atoms with Gasteiger partial charge in [0.2, 0.25) is 0 Å². The molecule has 0 amide bonds. The number of nitrogens with zero attached hydrogens (tertiary/aromatic N) is 4. The van der Waals surface area contributed by atoms with Crippen molar-refractivity contribution < 1.29 is 24.0 Å². The summed E-state index contributed by atoms with van der Waals surface area (Å²) in [5.41, 5.74) is 13.6. The number of nitro groups is 1. The molecule has 5 N–H and O–H groups in total.